The Labute approximate surface area is 146 Å². The van der Waals surface area contributed by atoms with Crippen molar-refractivity contribution in [3.63, 3.8) is 0 Å². The van der Waals surface area contributed by atoms with Crippen LogP contribution in [0.4, 0.5) is 17.1 Å². The monoisotopic (exact) mass is 334 g/mol. The number of thioether (sulfide) groups is 1. The van der Waals surface area contributed by atoms with Gasteiger partial charge < -0.3 is 10.2 Å². The van der Waals surface area contributed by atoms with E-state index in [1.807, 2.05) is 48.6 Å². The van der Waals surface area contributed by atoms with Crippen LogP contribution in [0.25, 0.3) is 0 Å². The van der Waals surface area contributed by atoms with Gasteiger partial charge in [-0.25, -0.2) is 0 Å². The fourth-order valence-corrected chi connectivity index (χ4v) is 3.66. The first-order valence-corrected chi connectivity index (χ1v) is 8.39. The van der Waals surface area contributed by atoms with Gasteiger partial charge in [-0.1, -0.05) is 43.1 Å². The van der Waals surface area contributed by atoms with E-state index in [0.29, 0.717) is 0 Å². The van der Waals surface area contributed by atoms with Crippen LogP contribution < -0.4 is 10.2 Å². The number of hydrogen-bond acceptors (Lipinski definition) is 3. The first-order chi connectivity index (χ1) is 11.6. The Morgan fingerprint density at radius 3 is 2.42 bits per heavy atom. The molecule has 3 rings (SSSR count). The van der Waals surface area contributed by atoms with E-state index >= 15 is 0 Å². The van der Waals surface area contributed by atoms with Gasteiger partial charge in [0.1, 0.15) is 0 Å². The van der Waals surface area contributed by atoms with Crippen LogP contribution in [0.1, 0.15) is 6.92 Å². The fraction of sp³-hybridized carbons (Fsp3) is 0.0500. The van der Waals surface area contributed by atoms with Gasteiger partial charge in [0.15, 0.2) is 0 Å². The van der Waals surface area contributed by atoms with Crippen molar-refractivity contribution in [1.82, 2.24) is 0 Å². The summed E-state index contributed by atoms with van der Waals surface area (Å²) in [6, 6.07) is 16.0. The second-order valence-corrected chi connectivity index (χ2v) is 6.37. The summed E-state index contributed by atoms with van der Waals surface area (Å²) < 4.78 is 0. The molecule has 3 nitrogen and oxygen atoms in total. The first-order valence-electron chi connectivity index (χ1n) is 7.58. The number of carbonyl (C=O) groups is 1. The number of para-hydroxylation sites is 1. The van der Waals surface area contributed by atoms with E-state index < -0.39 is 0 Å². The summed E-state index contributed by atoms with van der Waals surface area (Å²) in [6.45, 7) is 9.40. The second-order valence-electron chi connectivity index (χ2n) is 5.29. The smallest absolute Gasteiger partial charge is 0.221 e. The molecule has 0 aromatic heterocycles. The van der Waals surface area contributed by atoms with Crippen molar-refractivity contribution in [2.45, 2.75) is 11.8 Å². The average Bonchev–Trinajstić information content (AvgIpc) is 2.60. The lowest BCUT2D eigenvalue weighted by molar-refractivity contribution is -0.114. The summed E-state index contributed by atoms with van der Waals surface area (Å²) in [7, 11) is 0. The van der Waals surface area contributed by atoms with Gasteiger partial charge in [0, 0.05) is 28.1 Å². The van der Waals surface area contributed by atoms with Gasteiger partial charge in [-0.2, -0.15) is 0 Å². The van der Waals surface area contributed by atoms with Crippen LogP contribution in [0.3, 0.4) is 0 Å². The predicted molar refractivity (Wildman–Crippen MR) is 103 cm³/mol. The molecule has 0 spiro atoms. The van der Waals surface area contributed by atoms with Crippen molar-refractivity contribution in [3.05, 3.63) is 84.4 Å². The topological polar surface area (TPSA) is 32.3 Å². The maximum atomic E-state index is 11.2. The zero-order valence-corrected chi connectivity index (χ0v) is 14.3. The number of nitrogens with zero attached hydrogens (tertiary/aromatic N) is 1. The van der Waals surface area contributed by atoms with Gasteiger partial charge in [-0.05, 0) is 42.5 Å². The van der Waals surface area contributed by atoms with Crippen molar-refractivity contribution in [3.8, 4) is 0 Å². The minimum Gasteiger partial charge on any atom is -0.326 e. The van der Waals surface area contributed by atoms with E-state index in [4.69, 9.17) is 0 Å². The number of fused-ring (bicyclic) bond motifs is 1. The zero-order chi connectivity index (χ0) is 17.1. The van der Waals surface area contributed by atoms with Crippen molar-refractivity contribution < 1.29 is 4.79 Å². The number of allylic oxidation sites excluding steroid dienone is 2. The van der Waals surface area contributed by atoms with E-state index in [-0.39, 0.29) is 5.91 Å². The molecule has 0 saturated heterocycles. The fourth-order valence-electron chi connectivity index (χ4n) is 2.65. The van der Waals surface area contributed by atoms with Crippen LogP contribution in [-0.4, -0.2) is 5.91 Å². The van der Waals surface area contributed by atoms with E-state index in [1.165, 1.54) is 11.8 Å². The average molecular weight is 334 g/mol. The molecule has 4 heteroatoms. The molecule has 120 valence electrons. The van der Waals surface area contributed by atoms with Crippen molar-refractivity contribution >= 4 is 34.7 Å². The summed E-state index contributed by atoms with van der Waals surface area (Å²) in [5, 5.41) is 2.79. The Balaban J connectivity index is 2.09. The number of nitrogens with one attached hydrogen (secondary N) is 1. The third-order valence-electron chi connectivity index (χ3n) is 3.64. The Morgan fingerprint density at radius 1 is 1.08 bits per heavy atom. The standard InChI is InChI=1S/C20H18N2OS/c1-4-17-19(5-2)24-20-9-7-6-8-18(20)22(17)16-12-10-15(11-13-16)21-14(3)23/h4-13H,1-2H2,3H3,(H,21,23). The van der Waals surface area contributed by atoms with Crippen LogP contribution in [0, 0.1) is 0 Å². The third kappa shape index (κ3) is 3.01. The highest BCUT2D eigenvalue weighted by atomic mass is 32.2. The summed E-state index contributed by atoms with van der Waals surface area (Å²) in [4.78, 5) is 15.6. The SMILES string of the molecule is C=CC1=C(C=C)N(c2ccc(NC(C)=O)cc2)c2ccccc2S1. The van der Waals surface area contributed by atoms with Gasteiger partial charge in [0.25, 0.3) is 0 Å². The van der Waals surface area contributed by atoms with E-state index in [2.05, 4.69) is 35.5 Å². The molecule has 0 saturated carbocycles. The molecule has 0 atom stereocenters. The molecular weight excluding hydrogens is 316 g/mol. The number of benzene rings is 2. The van der Waals surface area contributed by atoms with Crippen molar-refractivity contribution in [1.29, 1.82) is 0 Å². The summed E-state index contributed by atoms with van der Waals surface area (Å²) in [5.74, 6) is -0.0805. The molecule has 0 bridgehead atoms. The van der Waals surface area contributed by atoms with Crippen LogP contribution in [0.5, 0.6) is 0 Å². The molecule has 1 amide bonds. The molecule has 1 aliphatic rings. The lowest BCUT2D eigenvalue weighted by Crippen LogP contribution is -2.19. The molecule has 0 radical (unpaired) electrons. The second kappa shape index (κ2) is 6.81. The number of amides is 1. The van der Waals surface area contributed by atoms with Gasteiger partial charge >= 0.3 is 0 Å². The van der Waals surface area contributed by atoms with Gasteiger partial charge in [0.2, 0.25) is 5.91 Å². The predicted octanol–water partition coefficient (Wildman–Crippen LogP) is 5.47. The Hall–Kier alpha value is -2.72. The lowest BCUT2D eigenvalue weighted by atomic mass is 10.1. The molecular formula is C20H18N2OS. The normalized spacial score (nSPS) is 13.3. The molecule has 1 aliphatic heterocycles. The minimum atomic E-state index is -0.0805. The van der Waals surface area contributed by atoms with E-state index in [1.54, 1.807) is 11.8 Å². The molecule has 0 unspecified atom stereocenters. The largest absolute Gasteiger partial charge is 0.326 e. The summed E-state index contributed by atoms with van der Waals surface area (Å²) in [6.07, 6.45) is 3.71. The Morgan fingerprint density at radius 2 is 1.79 bits per heavy atom. The number of anilines is 3. The third-order valence-corrected chi connectivity index (χ3v) is 4.80. The van der Waals surface area contributed by atoms with Crippen LogP contribution in [0.15, 0.2) is 89.3 Å². The molecule has 24 heavy (non-hydrogen) atoms. The van der Waals surface area contributed by atoms with Gasteiger partial charge in [-0.15, -0.1) is 0 Å². The van der Waals surface area contributed by atoms with Crippen LogP contribution in [0.2, 0.25) is 0 Å². The quantitative estimate of drug-likeness (QED) is 0.804. The maximum absolute atomic E-state index is 11.2. The Kier molecular flexibility index (Phi) is 4.58. The molecule has 0 aliphatic carbocycles. The number of carbonyl (C=O) groups excluding carboxylic acids is 1. The highest BCUT2D eigenvalue weighted by Crippen LogP contribution is 2.47. The molecule has 2 aromatic rings. The minimum absolute atomic E-state index is 0.0805. The molecule has 0 fully saturated rings. The Bertz CT molecular complexity index is 837. The first kappa shape index (κ1) is 16.1. The van der Waals surface area contributed by atoms with Crippen molar-refractivity contribution in [2.75, 3.05) is 10.2 Å². The highest BCUT2D eigenvalue weighted by Gasteiger charge is 2.24. The van der Waals surface area contributed by atoms with Crippen molar-refractivity contribution in [2.24, 2.45) is 0 Å². The van der Waals surface area contributed by atoms with E-state index in [0.717, 1.165) is 27.7 Å². The van der Waals surface area contributed by atoms with E-state index in [9.17, 15) is 4.79 Å². The molecule has 1 N–H and O–H groups in total. The summed E-state index contributed by atoms with van der Waals surface area (Å²) >= 11 is 1.69. The van der Waals surface area contributed by atoms with Crippen LogP contribution >= 0.6 is 11.8 Å². The van der Waals surface area contributed by atoms with Crippen LogP contribution in [-0.2, 0) is 4.79 Å². The summed E-state index contributed by atoms with van der Waals surface area (Å²) in [5.41, 5.74) is 3.89. The molecule has 1 heterocycles. The van der Waals surface area contributed by atoms with Gasteiger partial charge in [0.05, 0.1) is 11.4 Å². The highest BCUT2D eigenvalue weighted by molar-refractivity contribution is 8.03. The molecule has 2 aromatic carbocycles. The lowest BCUT2D eigenvalue weighted by Gasteiger charge is -2.33. The zero-order valence-electron chi connectivity index (χ0n) is 13.5. The van der Waals surface area contributed by atoms with Gasteiger partial charge in [-0.3, -0.25) is 4.79 Å². The number of rotatable bonds is 4. The maximum Gasteiger partial charge on any atom is 0.221 e. The number of hydrogen-bond donors (Lipinski definition) is 1.